The van der Waals surface area contributed by atoms with Crippen LogP contribution >= 0.6 is 0 Å². The van der Waals surface area contributed by atoms with Crippen molar-refractivity contribution in [2.45, 2.75) is 44.8 Å². The van der Waals surface area contributed by atoms with Crippen LogP contribution in [0.25, 0.3) is 11.1 Å². The van der Waals surface area contributed by atoms with E-state index in [1.165, 1.54) is 0 Å². The lowest BCUT2D eigenvalue weighted by atomic mass is 9.97. The Bertz CT molecular complexity index is 999. The van der Waals surface area contributed by atoms with E-state index in [2.05, 4.69) is 15.5 Å². The van der Waals surface area contributed by atoms with Crippen LogP contribution in [0.5, 0.6) is 0 Å². The molecule has 0 aliphatic heterocycles. The van der Waals surface area contributed by atoms with Crippen LogP contribution in [0.3, 0.4) is 0 Å². The van der Waals surface area contributed by atoms with Gasteiger partial charge in [-0.15, -0.1) is 0 Å². The summed E-state index contributed by atoms with van der Waals surface area (Å²) < 4.78 is 0. The zero-order valence-corrected chi connectivity index (χ0v) is 17.4. The molecule has 0 aliphatic rings. The molecule has 0 radical (unpaired) electrons. The maximum absolute atomic E-state index is 12.6. The van der Waals surface area contributed by atoms with Crippen molar-refractivity contribution in [2.75, 3.05) is 0 Å². The number of carboxylic acids is 1. The molecule has 0 saturated heterocycles. The van der Waals surface area contributed by atoms with Crippen molar-refractivity contribution in [2.24, 2.45) is 0 Å². The Kier molecular flexibility index (Phi) is 7.56. The third kappa shape index (κ3) is 6.26. The number of hydrogen-bond acceptors (Lipinski definition) is 4. The number of aromatic nitrogens is 2. The van der Waals surface area contributed by atoms with E-state index in [1.807, 2.05) is 61.5 Å². The molecular weight excluding hydrogens is 394 g/mol. The predicted octanol–water partition coefficient (Wildman–Crippen LogP) is 3.21. The normalized spacial score (nSPS) is 12.8. The highest BCUT2D eigenvalue weighted by molar-refractivity contribution is 5.92. The number of aliphatic hydroxyl groups is 1. The lowest BCUT2D eigenvalue weighted by Gasteiger charge is -2.20. The largest absolute Gasteiger partial charge is 0.479 e. The van der Waals surface area contributed by atoms with Gasteiger partial charge in [0.2, 0.25) is 0 Å². The minimum Gasteiger partial charge on any atom is -0.479 e. The highest BCUT2D eigenvalue weighted by Crippen LogP contribution is 2.20. The van der Waals surface area contributed by atoms with Crippen LogP contribution in [-0.2, 0) is 17.6 Å². The molecule has 2 aromatic carbocycles. The molecule has 1 heterocycles. The average molecular weight is 421 g/mol. The van der Waals surface area contributed by atoms with E-state index in [9.17, 15) is 14.7 Å². The number of aliphatic carboxylic acids is 1. The van der Waals surface area contributed by atoms with E-state index in [-0.39, 0.29) is 12.3 Å². The van der Waals surface area contributed by atoms with Crippen LogP contribution in [0.1, 0.15) is 41.5 Å². The highest BCUT2D eigenvalue weighted by Gasteiger charge is 2.23. The van der Waals surface area contributed by atoms with E-state index in [0.717, 1.165) is 35.2 Å². The van der Waals surface area contributed by atoms with Crippen LogP contribution in [0.15, 0.2) is 60.7 Å². The molecule has 3 aromatic rings. The van der Waals surface area contributed by atoms with Crippen molar-refractivity contribution in [3.05, 3.63) is 77.6 Å². The fourth-order valence-corrected chi connectivity index (χ4v) is 3.44. The van der Waals surface area contributed by atoms with Crippen molar-refractivity contribution in [1.29, 1.82) is 0 Å². The van der Waals surface area contributed by atoms with Gasteiger partial charge in [-0.1, -0.05) is 67.9 Å². The Morgan fingerprint density at radius 3 is 2.39 bits per heavy atom. The molecule has 2 unspecified atom stereocenters. The summed E-state index contributed by atoms with van der Waals surface area (Å²) in [5.41, 5.74) is 4.21. The SMILES string of the molecule is CCCc1cc(C(=O)NC(Cc2ccc(-c3ccccc3)cc2)CC(O)C(=O)O)[nH]n1. The van der Waals surface area contributed by atoms with E-state index < -0.39 is 18.1 Å². The smallest absolute Gasteiger partial charge is 0.332 e. The first-order chi connectivity index (χ1) is 15.0. The van der Waals surface area contributed by atoms with E-state index in [1.54, 1.807) is 6.07 Å². The fourth-order valence-electron chi connectivity index (χ4n) is 3.44. The van der Waals surface area contributed by atoms with Crippen LogP contribution in [0.4, 0.5) is 0 Å². The van der Waals surface area contributed by atoms with Gasteiger partial charge in [0.1, 0.15) is 5.69 Å². The van der Waals surface area contributed by atoms with Crippen LogP contribution in [0.2, 0.25) is 0 Å². The number of nitrogens with zero attached hydrogens (tertiary/aromatic N) is 1. The van der Waals surface area contributed by atoms with Crippen molar-refractivity contribution < 1.29 is 19.8 Å². The van der Waals surface area contributed by atoms with Gasteiger partial charge in [-0.05, 0) is 35.6 Å². The number of carbonyl (C=O) groups is 2. The average Bonchev–Trinajstić information content (AvgIpc) is 3.24. The first-order valence-corrected chi connectivity index (χ1v) is 10.4. The third-order valence-corrected chi connectivity index (χ3v) is 5.05. The maximum Gasteiger partial charge on any atom is 0.332 e. The van der Waals surface area contributed by atoms with Gasteiger partial charge in [-0.2, -0.15) is 5.10 Å². The summed E-state index contributed by atoms with van der Waals surface area (Å²) in [6, 6.07) is 19.0. The molecule has 7 nitrogen and oxygen atoms in total. The number of carbonyl (C=O) groups excluding carboxylic acids is 1. The van der Waals surface area contributed by atoms with Gasteiger partial charge in [0.05, 0.1) is 5.69 Å². The number of hydrogen-bond donors (Lipinski definition) is 4. The molecule has 4 N–H and O–H groups in total. The summed E-state index contributed by atoms with van der Waals surface area (Å²) in [5.74, 6) is -1.69. The second kappa shape index (κ2) is 10.5. The second-order valence-electron chi connectivity index (χ2n) is 7.55. The van der Waals surface area contributed by atoms with Crippen LogP contribution < -0.4 is 5.32 Å². The molecule has 1 aromatic heterocycles. The molecule has 2 atom stereocenters. The summed E-state index contributed by atoms with van der Waals surface area (Å²) in [4.78, 5) is 23.8. The highest BCUT2D eigenvalue weighted by atomic mass is 16.4. The minimum absolute atomic E-state index is 0.0997. The molecule has 0 fully saturated rings. The summed E-state index contributed by atoms with van der Waals surface area (Å²) in [6.45, 7) is 2.03. The van der Waals surface area contributed by atoms with Gasteiger partial charge in [0, 0.05) is 12.5 Å². The van der Waals surface area contributed by atoms with Crippen molar-refractivity contribution in [3.63, 3.8) is 0 Å². The van der Waals surface area contributed by atoms with Gasteiger partial charge >= 0.3 is 5.97 Å². The molecule has 3 rings (SSSR count). The lowest BCUT2D eigenvalue weighted by molar-refractivity contribution is -0.147. The Morgan fingerprint density at radius 1 is 1.06 bits per heavy atom. The zero-order valence-electron chi connectivity index (χ0n) is 17.4. The van der Waals surface area contributed by atoms with Gasteiger partial charge in [-0.25, -0.2) is 4.79 Å². The summed E-state index contributed by atoms with van der Waals surface area (Å²) in [7, 11) is 0. The first-order valence-electron chi connectivity index (χ1n) is 10.4. The Morgan fingerprint density at radius 2 is 1.74 bits per heavy atom. The lowest BCUT2D eigenvalue weighted by Crippen LogP contribution is -2.40. The van der Waals surface area contributed by atoms with Crippen molar-refractivity contribution >= 4 is 11.9 Å². The molecule has 162 valence electrons. The number of nitrogens with one attached hydrogen (secondary N) is 2. The number of benzene rings is 2. The van der Waals surface area contributed by atoms with E-state index in [4.69, 9.17) is 5.11 Å². The van der Waals surface area contributed by atoms with Crippen molar-refractivity contribution in [3.8, 4) is 11.1 Å². The summed E-state index contributed by atoms with van der Waals surface area (Å²) in [5, 5.41) is 28.6. The predicted molar refractivity (Wildman–Crippen MR) is 118 cm³/mol. The first kappa shape index (κ1) is 22.2. The molecule has 0 saturated carbocycles. The Labute approximate surface area is 181 Å². The minimum atomic E-state index is -1.56. The second-order valence-corrected chi connectivity index (χ2v) is 7.55. The zero-order chi connectivity index (χ0) is 22.2. The molecule has 0 aliphatic carbocycles. The third-order valence-electron chi connectivity index (χ3n) is 5.05. The molecule has 1 amide bonds. The molecule has 7 heteroatoms. The van der Waals surface area contributed by atoms with E-state index in [0.29, 0.717) is 12.1 Å². The molecular formula is C24H27N3O4. The van der Waals surface area contributed by atoms with Crippen molar-refractivity contribution in [1.82, 2.24) is 15.5 Å². The summed E-state index contributed by atoms with van der Waals surface area (Å²) in [6.07, 6.45) is 0.404. The number of amides is 1. The number of aliphatic hydroxyl groups excluding tert-OH is 1. The Hall–Kier alpha value is -3.45. The fraction of sp³-hybridized carbons (Fsp3) is 0.292. The number of rotatable bonds is 10. The summed E-state index contributed by atoms with van der Waals surface area (Å²) >= 11 is 0. The topological polar surface area (TPSA) is 115 Å². The van der Waals surface area contributed by atoms with Gasteiger partial charge in [0.25, 0.3) is 5.91 Å². The molecule has 0 spiro atoms. The standard InChI is InChI=1S/C24H27N3O4/c1-2-6-19-14-21(27-26-19)23(29)25-20(15-22(28)24(30)31)13-16-9-11-18(12-10-16)17-7-4-3-5-8-17/h3-5,7-12,14,20,22,28H,2,6,13,15H2,1H3,(H,25,29)(H,26,27)(H,30,31). The quantitative estimate of drug-likeness (QED) is 0.401. The van der Waals surface area contributed by atoms with Gasteiger partial charge in [-0.3, -0.25) is 9.89 Å². The monoisotopic (exact) mass is 421 g/mol. The van der Waals surface area contributed by atoms with E-state index >= 15 is 0 Å². The van der Waals surface area contributed by atoms with Gasteiger partial charge in [0.15, 0.2) is 6.10 Å². The Balaban J connectivity index is 1.72. The number of aryl methyl sites for hydroxylation is 1. The molecule has 0 bridgehead atoms. The van der Waals surface area contributed by atoms with Gasteiger partial charge < -0.3 is 15.5 Å². The molecule has 31 heavy (non-hydrogen) atoms. The number of aromatic amines is 1. The number of H-pyrrole nitrogens is 1. The van der Waals surface area contributed by atoms with Crippen LogP contribution in [0, 0.1) is 0 Å². The maximum atomic E-state index is 12.6. The number of carboxylic acid groups (broad SMARTS) is 1. The van der Waals surface area contributed by atoms with Crippen LogP contribution in [-0.4, -0.2) is 44.4 Å².